The Morgan fingerprint density at radius 1 is 1.15 bits per heavy atom. The van der Waals surface area contributed by atoms with E-state index in [2.05, 4.69) is 18.2 Å². The second-order valence-corrected chi connectivity index (χ2v) is 6.98. The van der Waals surface area contributed by atoms with Crippen molar-refractivity contribution in [1.82, 2.24) is 0 Å². The third kappa shape index (κ3) is 2.52. The van der Waals surface area contributed by atoms with Gasteiger partial charge in [-0.25, -0.2) is 4.79 Å². The summed E-state index contributed by atoms with van der Waals surface area (Å²) in [5.74, 6) is 1.59. The normalized spacial score (nSPS) is 27.9. The van der Waals surface area contributed by atoms with Crippen LogP contribution in [0.25, 0.3) is 0 Å². The van der Waals surface area contributed by atoms with Crippen LogP contribution in [0.1, 0.15) is 55.5 Å². The fraction of sp³-hybridized carbons (Fsp3) is 0.500. The van der Waals surface area contributed by atoms with Crippen LogP contribution in [-0.4, -0.2) is 11.6 Å². The maximum atomic E-state index is 12.4. The molecule has 3 rings (SSSR count). The van der Waals surface area contributed by atoms with Crippen LogP contribution in [0.4, 0.5) is 0 Å². The number of fused-ring (bicyclic) bond motifs is 2. The Labute approximate surface area is 120 Å². The number of ether oxygens (including phenoxy) is 1. The van der Waals surface area contributed by atoms with Gasteiger partial charge in [-0.1, -0.05) is 30.4 Å². The lowest BCUT2D eigenvalue weighted by atomic mass is 9.84. The van der Waals surface area contributed by atoms with Crippen molar-refractivity contribution in [2.45, 2.75) is 45.1 Å². The number of hydrogen-bond acceptors (Lipinski definition) is 2. The number of allylic oxidation sites excluding steroid dienone is 2. The van der Waals surface area contributed by atoms with Crippen molar-refractivity contribution >= 4 is 5.97 Å². The summed E-state index contributed by atoms with van der Waals surface area (Å²) in [5.41, 5.74) is 1.46. The molecule has 1 aromatic carbocycles. The van der Waals surface area contributed by atoms with Gasteiger partial charge in [0.15, 0.2) is 0 Å². The Morgan fingerprint density at radius 2 is 1.90 bits per heavy atom. The molecule has 0 aromatic heterocycles. The Balaban J connectivity index is 1.89. The summed E-state index contributed by atoms with van der Waals surface area (Å²) in [6.45, 7) is 5.73. The SMILES string of the molecule is CC(C)(C)OC(=O)c1ccccc1C1CC2C=CC1C2. The zero-order valence-electron chi connectivity index (χ0n) is 12.4. The van der Waals surface area contributed by atoms with Gasteiger partial charge < -0.3 is 4.74 Å². The lowest BCUT2D eigenvalue weighted by Crippen LogP contribution is -2.25. The van der Waals surface area contributed by atoms with E-state index in [1.807, 2.05) is 39.0 Å². The van der Waals surface area contributed by atoms with Crippen molar-refractivity contribution in [2.24, 2.45) is 11.8 Å². The number of carbonyl (C=O) groups excluding carboxylic acids is 1. The van der Waals surface area contributed by atoms with Crippen molar-refractivity contribution in [2.75, 3.05) is 0 Å². The predicted molar refractivity (Wildman–Crippen MR) is 79.7 cm³/mol. The standard InChI is InChI=1S/C18H22O2/c1-18(2,3)20-17(19)15-7-5-4-6-14(15)16-11-12-8-9-13(16)10-12/h4-9,12-13,16H,10-11H2,1-3H3. The first kappa shape index (κ1) is 13.4. The van der Waals surface area contributed by atoms with Gasteiger partial charge in [-0.05, 0) is 63.0 Å². The first-order valence-corrected chi connectivity index (χ1v) is 7.44. The molecule has 1 fully saturated rings. The van der Waals surface area contributed by atoms with E-state index in [4.69, 9.17) is 4.74 Å². The van der Waals surface area contributed by atoms with Crippen LogP contribution in [0.5, 0.6) is 0 Å². The van der Waals surface area contributed by atoms with Gasteiger partial charge >= 0.3 is 5.97 Å². The quantitative estimate of drug-likeness (QED) is 0.591. The number of carbonyl (C=O) groups is 1. The summed E-state index contributed by atoms with van der Waals surface area (Å²) in [6.07, 6.45) is 7.07. The summed E-state index contributed by atoms with van der Waals surface area (Å²) >= 11 is 0. The minimum Gasteiger partial charge on any atom is -0.456 e. The molecule has 2 aliphatic carbocycles. The van der Waals surface area contributed by atoms with E-state index in [0.717, 1.165) is 5.56 Å². The monoisotopic (exact) mass is 270 g/mol. The molecule has 3 unspecified atom stereocenters. The second kappa shape index (κ2) is 4.76. The molecule has 0 N–H and O–H groups in total. The van der Waals surface area contributed by atoms with E-state index < -0.39 is 5.60 Å². The Kier molecular flexibility index (Phi) is 3.19. The number of rotatable bonds is 2. The number of esters is 1. The van der Waals surface area contributed by atoms with Crippen molar-refractivity contribution in [3.05, 3.63) is 47.5 Å². The highest BCUT2D eigenvalue weighted by atomic mass is 16.6. The molecule has 0 saturated heterocycles. The molecule has 20 heavy (non-hydrogen) atoms. The topological polar surface area (TPSA) is 26.3 Å². The average Bonchev–Trinajstić information content (AvgIpc) is 2.99. The van der Waals surface area contributed by atoms with Gasteiger partial charge in [0.25, 0.3) is 0 Å². The molecule has 1 aromatic rings. The molecule has 0 heterocycles. The van der Waals surface area contributed by atoms with Crippen LogP contribution in [0.3, 0.4) is 0 Å². The van der Waals surface area contributed by atoms with E-state index in [9.17, 15) is 4.79 Å². The highest BCUT2D eigenvalue weighted by Gasteiger charge is 2.38. The number of benzene rings is 1. The van der Waals surface area contributed by atoms with Gasteiger partial charge in [-0.15, -0.1) is 0 Å². The first-order valence-electron chi connectivity index (χ1n) is 7.44. The van der Waals surface area contributed by atoms with Gasteiger partial charge in [0.1, 0.15) is 5.60 Å². The summed E-state index contributed by atoms with van der Waals surface area (Å²) in [7, 11) is 0. The fourth-order valence-electron chi connectivity index (χ4n) is 3.48. The fourth-order valence-corrected chi connectivity index (χ4v) is 3.48. The van der Waals surface area contributed by atoms with Crippen molar-refractivity contribution in [1.29, 1.82) is 0 Å². The maximum absolute atomic E-state index is 12.4. The second-order valence-electron chi connectivity index (χ2n) is 6.98. The average molecular weight is 270 g/mol. The molecular weight excluding hydrogens is 248 g/mol. The molecule has 2 bridgehead atoms. The minimum absolute atomic E-state index is 0.195. The largest absolute Gasteiger partial charge is 0.456 e. The van der Waals surface area contributed by atoms with Crippen molar-refractivity contribution in [3.63, 3.8) is 0 Å². The summed E-state index contributed by atoms with van der Waals surface area (Å²) < 4.78 is 5.55. The third-order valence-electron chi connectivity index (χ3n) is 4.26. The molecule has 2 nitrogen and oxygen atoms in total. The molecule has 2 aliphatic rings. The van der Waals surface area contributed by atoms with Gasteiger partial charge in [-0.3, -0.25) is 0 Å². The summed E-state index contributed by atoms with van der Waals surface area (Å²) in [6, 6.07) is 7.95. The molecule has 0 amide bonds. The lowest BCUT2D eigenvalue weighted by Gasteiger charge is -2.24. The van der Waals surface area contributed by atoms with E-state index in [1.54, 1.807) is 0 Å². The van der Waals surface area contributed by atoms with E-state index in [0.29, 0.717) is 17.8 Å². The van der Waals surface area contributed by atoms with Crippen LogP contribution in [-0.2, 0) is 4.74 Å². The highest BCUT2D eigenvalue weighted by molar-refractivity contribution is 5.91. The molecule has 3 atom stereocenters. The smallest absolute Gasteiger partial charge is 0.338 e. The van der Waals surface area contributed by atoms with Crippen LogP contribution < -0.4 is 0 Å². The van der Waals surface area contributed by atoms with Crippen molar-refractivity contribution < 1.29 is 9.53 Å². The summed E-state index contributed by atoms with van der Waals surface area (Å²) in [5, 5.41) is 0. The van der Waals surface area contributed by atoms with E-state index in [-0.39, 0.29) is 5.97 Å². The molecule has 106 valence electrons. The highest BCUT2D eigenvalue weighted by Crippen LogP contribution is 2.49. The lowest BCUT2D eigenvalue weighted by molar-refractivity contribution is 0.00676. The van der Waals surface area contributed by atoms with E-state index in [1.165, 1.54) is 18.4 Å². The third-order valence-corrected chi connectivity index (χ3v) is 4.26. The molecule has 0 aliphatic heterocycles. The Bertz CT molecular complexity index is 551. The zero-order valence-corrected chi connectivity index (χ0v) is 12.4. The molecular formula is C18H22O2. The molecule has 0 spiro atoms. The van der Waals surface area contributed by atoms with Gasteiger partial charge in [-0.2, -0.15) is 0 Å². The first-order chi connectivity index (χ1) is 9.44. The van der Waals surface area contributed by atoms with Crippen LogP contribution >= 0.6 is 0 Å². The van der Waals surface area contributed by atoms with Gasteiger partial charge in [0, 0.05) is 0 Å². The molecule has 1 saturated carbocycles. The van der Waals surface area contributed by atoms with Gasteiger partial charge in [0.05, 0.1) is 5.56 Å². The predicted octanol–water partition coefficient (Wildman–Crippen LogP) is 4.32. The van der Waals surface area contributed by atoms with Crippen LogP contribution in [0.2, 0.25) is 0 Å². The summed E-state index contributed by atoms with van der Waals surface area (Å²) in [4.78, 5) is 12.4. The minimum atomic E-state index is -0.446. The molecule has 0 radical (unpaired) electrons. The Morgan fingerprint density at radius 3 is 2.50 bits per heavy atom. The maximum Gasteiger partial charge on any atom is 0.338 e. The zero-order chi connectivity index (χ0) is 14.3. The Hall–Kier alpha value is -1.57. The number of hydrogen-bond donors (Lipinski definition) is 0. The van der Waals surface area contributed by atoms with Crippen LogP contribution in [0, 0.1) is 11.8 Å². The van der Waals surface area contributed by atoms with Crippen LogP contribution in [0.15, 0.2) is 36.4 Å². The van der Waals surface area contributed by atoms with Gasteiger partial charge in [0.2, 0.25) is 0 Å². The van der Waals surface area contributed by atoms with Crippen molar-refractivity contribution in [3.8, 4) is 0 Å². The molecule has 2 heteroatoms. The van der Waals surface area contributed by atoms with E-state index >= 15 is 0 Å².